The molecule has 100 valence electrons. The van der Waals surface area contributed by atoms with Gasteiger partial charge in [0.25, 0.3) is 0 Å². The van der Waals surface area contributed by atoms with Gasteiger partial charge in [-0.2, -0.15) is 0 Å². The van der Waals surface area contributed by atoms with Crippen molar-refractivity contribution in [1.29, 1.82) is 0 Å². The first-order chi connectivity index (χ1) is 8.56. The van der Waals surface area contributed by atoms with Crippen LogP contribution >= 0.6 is 0 Å². The Morgan fingerprint density at radius 2 is 2.28 bits per heavy atom. The molecule has 18 heavy (non-hydrogen) atoms. The minimum Gasteiger partial charge on any atom is -0.481 e. The van der Waals surface area contributed by atoms with Crippen LogP contribution in [0, 0.1) is 5.82 Å². The second kappa shape index (κ2) is 6.47. The van der Waals surface area contributed by atoms with Gasteiger partial charge in [0.05, 0.1) is 0 Å². The molecule has 1 aromatic rings. The largest absolute Gasteiger partial charge is 0.481 e. The number of carboxylic acid groups (broad SMARTS) is 1. The molecular weight excluding hydrogens is 237 g/mol. The molecule has 1 aromatic carbocycles. The maximum Gasteiger partial charge on any atom is 0.315 e. The number of aliphatic carboxylic acids is 1. The molecule has 4 nitrogen and oxygen atoms in total. The maximum atomic E-state index is 13.2. The Labute approximate surface area is 106 Å². The van der Waals surface area contributed by atoms with Crippen molar-refractivity contribution in [2.75, 3.05) is 20.3 Å². The molecule has 3 N–H and O–H groups in total. The second-order valence-corrected chi connectivity index (χ2v) is 4.20. The fourth-order valence-corrected chi connectivity index (χ4v) is 1.99. The molecule has 0 amide bonds. The van der Waals surface area contributed by atoms with E-state index >= 15 is 0 Å². The third-order valence-electron chi connectivity index (χ3n) is 3.09. The topological polar surface area (TPSA) is 72.5 Å². The Bertz CT molecular complexity index is 411. The van der Waals surface area contributed by atoms with Gasteiger partial charge in [-0.15, -0.1) is 0 Å². The minimum absolute atomic E-state index is 0.0739. The smallest absolute Gasteiger partial charge is 0.315 e. The summed E-state index contributed by atoms with van der Waals surface area (Å²) in [6.07, 6.45) is 0.868. The van der Waals surface area contributed by atoms with Crippen molar-refractivity contribution >= 4 is 5.97 Å². The fraction of sp³-hybridized carbons (Fsp3) is 0.462. The summed E-state index contributed by atoms with van der Waals surface area (Å²) >= 11 is 0. The maximum absolute atomic E-state index is 13.2. The Morgan fingerprint density at radius 3 is 2.78 bits per heavy atom. The number of methoxy groups -OCH3 is 1. The van der Waals surface area contributed by atoms with Gasteiger partial charge < -0.3 is 15.6 Å². The SMILES string of the molecule is COCCCC(CN)(C(=O)O)c1cccc(F)c1. The molecule has 0 aliphatic heterocycles. The molecule has 0 aliphatic rings. The highest BCUT2D eigenvalue weighted by Crippen LogP contribution is 2.29. The zero-order valence-electron chi connectivity index (χ0n) is 10.4. The molecule has 5 heteroatoms. The highest BCUT2D eigenvalue weighted by molar-refractivity contribution is 5.81. The first-order valence-corrected chi connectivity index (χ1v) is 5.75. The zero-order chi connectivity index (χ0) is 13.6. The van der Waals surface area contributed by atoms with Gasteiger partial charge in [-0.1, -0.05) is 12.1 Å². The van der Waals surface area contributed by atoms with Gasteiger partial charge in [0, 0.05) is 20.3 Å². The number of hydrogen-bond donors (Lipinski definition) is 2. The third-order valence-corrected chi connectivity index (χ3v) is 3.09. The number of benzene rings is 1. The van der Waals surface area contributed by atoms with Crippen LogP contribution in [0.1, 0.15) is 18.4 Å². The summed E-state index contributed by atoms with van der Waals surface area (Å²) in [5, 5.41) is 9.42. The van der Waals surface area contributed by atoms with E-state index in [1.807, 2.05) is 0 Å². The number of carbonyl (C=O) groups is 1. The van der Waals surface area contributed by atoms with Crippen LogP contribution in [0.5, 0.6) is 0 Å². The van der Waals surface area contributed by atoms with Crippen LogP contribution < -0.4 is 5.73 Å². The lowest BCUT2D eigenvalue weighted by Gasteiger charge is -2.28. The molecule has 1 unspecified atom stereocenters. The van der Waals surface area contributed by atoms with Crippen molar-refractivity contribution in [1.82, 2.24) is 0 Å². The van der Waals surface area contributed by atoms with E-state index in [9.17, 15) is 14.3 Å². The predicted octanol–water partition coefficient (Wildman–Crippen LogP) is 1.53. The third kappa shape index (κ3) is 3.05. The molecule has 0 spiro atoms. The molecule has 0 aliphatic carbocycles. The van der Waals surface area contributed by atoms with E-state index < -0.39 is 17.2 Å². The minimum atomic E-state index is -1.25. The van der Waals surface area contributed by atoms with Crippen LogP contribution in [0.2, 0.25) is 0 Å². The Hall–Kier alpha value is -1.46. The molecule has 0 heterocycles. The highest BCUT2D eigenvalue weighted by Gasteiger charge is 2.38. The lowest BCUT2D eigenvalue weighted by atomic mass is 9.76. The lowest BCUT2D eigenvalue weighted by molar-refractivity contribution is -0.144. The van der Waals surface area contributed by atoms with Gasteiger partial charge in [0.15, 0.2) is 0 Å². The van der Waals surface area contributed by atoms with E-state index in [-0.39, 0.29) is 6.54 Å². The van der Waals surface area contributed by atoms with Crippen molar-refractivity contribution in [2.45, 2.75) is 18.3 Å². The number of halogens is 1. The molecule has 0 aromatic heterocycles. The monoisotopic (exact) mass is 255 g/mol. The van der Waals surface area contributed by atoms with E-state index in [0.29, 0.717) is 25.0 Å². The van der Waals surface area contributed by atoms with E-state index in [0.717, 1.165) is 0 Å². The van der Waals surface area contributed by atoms with Crippen LogP contribution in [0.25, 0.3) is 0 Å². The van der Waals surface area contributed by atoms with Crippen LogP contribution in [0.3, 0.4) is 0 Å². The van der Waals surface area contributed by atoms with E-state index in [1.165, 1.54) is 18.2 Å². The number of hydrogen-bond acceptors (Lipinski definition) is 3. The summed E-state index contributed by atoms with van der Waals surface area (Å²) < 4.78 is 18.1. The molecule has 0 bridgehead atoms. The molecule has 0 saturated heterocycles. The second-order valence-electron chi connectivity index (χ2n) is 4.20. The Morgan fingerprint density at radius 1 is 1.56 bits per heavy atom. The molecular formula is C13H18FNO3. The van der Waals surface area contributed by atoms with Crippen molar-refractivity contribution in [3.8, 4) is 0 Å². The van der Waals surface area contributed by atoms with Gasteiger partial charge in [-0.05, 0) is 30.5 Å². The van der Waals surface area contributed by atoms with E-state index in [1.54, 1.807) is 13.2 Å². The van der Waals surface area contributed by atoms with Crippen LogP contribution in [0.15, 0.2) is 24.3 Å². The predicted molar refractivity (Wildman–Crippen MR) is 65.9 cm³/mol. The molecule has 1 rings (SSSR count). The normalized spacial score (nSPS) is 14.2. The summed E-state index contributed by atoms with van der Waals surface area (Å²) in [5.74, 6) is -1.50. The van der Waals surface area contributed by atoms with Crippen LogP contribution in [-0.2, 0) is 14.9 Å². The standard InChI is InChI=1S/C13H18FNO3/c1-18-7-3-6-13(9-15,12(16)17)10-4-2-5-11(14)8-10/h2,4-5,8H,3,6-7,9,15H2,1H3,(H,16,17). The van der Waals surface area contributed by atoms with Gasteiger partial charge in [0.2, 0.25) is 0 Å². The number of nitrogens with two attached hydrogens (primary N) is 1. The van der Waals surface area contributed by atoms with Gasteiger partial charge in [-0.3, -0.25) is 4.79 Å². The van der Waals surface area contributed by atoms with Gasteiger partial charge in [-0.25, -0.2) is 4.39 Å². The van der Waals surface area contributed by atoms with E-state index in [4.69, 9.17) is 10.5 Å². The quantitative estimate of drug-likeness (QED) is 0.725. The number of carboxylic acids is 1. The highest BCUT2D eigenvalue weighted by atomic mass is 19.1. The van der Waals surface area contributed by atoms with Gasteiger partial charge in [0.1, 0.15) is 11.2 Å². The number of rotatable bonds is 7. The first kappa shape index (κ1) is 14.6. The zero-order valence-corrected chi connectivity index (χ0v) is 10.4. The Kier molecular flexibility index (Phi) is 5.25. The number of ether oxygens (including phenoxy) is 1. The first-order valence-electron chi connectivity index (χ1n) is 5.75. The molecule has 0 saturated carbocycles. The molecule has 0 radical (unpaired) electrons. The van der Waals surface area contributed by atoms with Crippen molar-refractivity contribution < 1.29 is 19.0 Å². The summed E-state index contributed by atoms with van der Waals surface area (Å²) in [6.45, 7) is 0.375. The van der Waals surface area contributed by atoms with Crippen molar-refractivity contribution in [3.63, 3.8) is 0 Å². The molecule has 1 atom stereocenters. The summed E-state index contributed by atoms with van der Waals surface area (Å²) in [6, 6.07) is 5.60. The van der Waals surface area contributed by atoms with Crippen LogP contribution in [-0.4, -0.2) is 31.3 Å². The summed E-state index contributed by atoms with van der Waals surface area (Å²) in [7, 11) is 1.55. The average Bonchev–Trinajstić information content (AvgIpc) is 2.34. The lowest BCUT2D eigenvalue weighted by Crippen LogP contribution is -2.43. The van der Waals surface area contributed by atoms with Crippen molar-refractivity contribution in [2.24, 2.45) is 5.73 Å². The summed E-state index contributed by atoms with van der Waals surface area (Å²) in [4.78, 5) is 11.5. The summed E-state index contributed by atoms with van der Waals surface area (Å²) in [5.41, 5.74) is 4.78. The van der Waals surface area contributed by atoms with Crippen molar-refractivity contribution in [3.05, 3.63) is 35.6 Å². The average molecular weight is 255 g/mol. The Balaban J connectivity index is 3.06. The van der Waals surface area contributed by atoms with E-state index in [2.05, 4.69) is 0 Å². The van der Waals surface area contributed by atoms with Gasteiger partial charge >= 0.3 is 5.97 Å². The fourth-order valence-electron chi connectivity index (χ4n) is 1.99. The van der Waals surface area contributed by atoms with Crippen LogP contribution in [0.4, 0.5) is 4.39 Å². The molecule has 0 fully saturated rings.